The van der Waals surface area contributed by atoms with Crippen LogP contribution in [0.1, 0.15) is 23.7 Å². The van der Waals surface area contributed by atoms with E-state index >= 15 is 0 Å². The summed E-state index contributed by atoms with van der Waals surface area (Å²) >= 11 is 1.52. The highest BCUT2D eigenvalue weighted by atomic mass is 32.2. The van der Waals surface area contributed by atoms with Crippen molar-refractivity contribution in [1.29, 1.82) is 0 Å². The molecule has 1 atom stereocenters. The average molecular weight is 270 g/mol. The molecule has 1 aromatic rings. The van der Waals surface area contributed by atoms with Crippen molar-refractivity contribution in [3.63, 3.8) is 0 Å². The Kier molecular flexibility index (Phi) is 5.07. The monoisotopic (exact) mass is 270 g/mol. The van der Waals surface area contributed by atoms with Gasteiger partial charge in [0, 0.05) is 23.4 Å². The van der Waals surface area contributed by atoms with Crippen LogP contribution < -0.4 is 5.32 Å². The maximum atomic E-state index is 11.8. The molecular formula is C9H13F3N2S2. The van der Waals surface area contributed by atoms with Crippen LogP contribution in [0.15, 0.2) is 5.38 Å². The Labute approximate surface area is 101 Å². The van der Waals surface area contributed by atoms with Crippen LogP contribution in [-0.4, -0.2) is 22.8 Å². The van der Waals surface area contributed by atoms with E-state index in [1.807, 2.05) is 19.2 Å². The normalized spacial score (nSPS) is 14.1. The van der Waals surface area contributed by atoms with Crippen LogP contribution in [0.4, 0.5) is 13.2 Å². The summed E-state index contributed by atoms with van der Waals surface area (Å²) in [7, 11) is 0. The van der Waals surface area contributed by atoms with Gasteiger partial charge >= 0.3 is 5.51 Å². The molecule has 0 aromatic carbocycles. The van der Waals surface area contributed by atoms with Crippen LogP contribution in [0.2, 0.25) is 0 Å². The molecule has 0 aliphatic heterocycles. The minimum Gasteiger partial charge on any atom is -0.307 e. The second-order valence-electron chi connectivity index (χ2n) is 3.30. The number of hydrogen-bond donors (Lipinski definition) is 1. The van der Waals surface area contributed by atoms with Gasteiger partial charge in [0.25, 0.3) is 0 Å². The van der Waals surface area contributed by atoms with Gasteiger partial charge in [-0.3, -0.25) is 0 Å². The van der Waals surface area contributed by atoms with Gasteiger partial charge in [0.15, 0.2) is 0 Å². The van der Waals surface area contributed by atoms with Crippen molar-refractivity contribution in [2.75, 3.05) is 12.3 Å². The minimum atomic E-state index is -4.14. The third-order valence-corrected chi connectivity index (χ3v) is 3.71. The van der Waals surface area contributed by atoms with Crippen molar-refractivity contribution in [3.8, 4) is 0 Å². The average Bonchev–Trinajstić information content (AvgIpc) is 2.57. The van der Waals surface area contributed by atoms with Gasteiger partial charge in [0.05, 0.1) is 6.04 Å². The number of aryl methyl sites for hydroxylation is 1. The number of aromatic nitrogens is 1. The molecule has 1 N–H and O–H groups in total. The Morgan fingerprint density at radius 2 is 2.25 bits per heavy atom. The van der Waals surface area contributed by atoms with Gasteiger partial charge in [-0.05, 0) is 25.6 Å². The zero-order chi connectivity index (χ0) is 12.2. The topological polar surface area (TPSA) is 24.9 Å². The van der Waals surface area contributed by atoms with E-state index in [2.05, 4.69) is 10.3 Å². The number of alkyl halides is 3. The van der Waals surface area contributed by atoms with Gasteiger partial charge in [-0.25, -0.2) is 4.98 Å². The van der Waals surface area contributed by atoms with Crippen molar-refractivity contribution >= 4 is 23.1 Å². The first-order valence-electron chi connectivity index (χ1n) is 4.74. The van der Waals surface area contributed by atoms with Crippen LogP contribution in [0.5, 0.6) is 0 Å². The first-order chi connectivity index (χ1) is 7.38. The van der Waals surface area contributed by atoms with Crippen LogP contribution in [-0.2, 0) is 0 Å². The summed E-state index contributed by atoms with van der Waals surface area (Å²) in [5.41, 5.74) is -3.19. The molecule has 0 aliphatic rings. The smallest absolute Gasteiger partial charge is 0.307 e. The number of rotatable bonds is 5. The third kappa shape index (κ3) is 5.18. The zero-order valence-electron chi connectivity index (χ0n) is 8.97. The highest BCUT2D eigenvalue weighted by Crippen LogP contribution is 2.29. The molecule has 0 spiro atoms. The van der Waals surface area contributed by atoms with E-state index in [1.54, 1.807) is 0 Å². The van der Waals surface area contributed by atoms with Gasteiger partial charge in [0.1, 0.15) is 5.01 Å². The van der Waals surface area contributed by atoms with Crippen LogP contribution >= 0.6 is 23.1 Å². The van der Waals surface area contributed by atoms with E-state index in [-0.39, 0.29) is 23.6 Å². The van der Waals surface area contributed by atoms with E-state index in [1.165, 1.54) is 11.3 Å². The number of hydrogen-bond acceptors (Lipinski definition) is 4. The van der Waals surface area contributed by atoms with Crippen molar-refractivity contribution in [1.82, 2.24) is 10.3 Å². The standard InChI is InChI=1S/C9H13F3N2S2/c1-6-5-15-8(14-6)7(2)13-3-4-16-9(10,11)12/h5,7,13H,3-4H2,1-2H3. The molecule has 2 nitrogen and oxygen atoms in total. The second kappa shape index (κ2) is 5.88. The predicted octanol–water partition coefficient (Wildman–Crippen LogP) is 3.36. The van der Waals surface area contributed by atoms with Gasteiger partial charge in [-0.1, -0.05) is 0 Å². The molecule has 1 aromatic heterocycles. The van der Waals surface area contributed by atoms with Crippen LogP contribution in [0.3, 0.4) is 0 Å². The molecule has 0 saturated heterocycles. The first kappa shape index (κ1) is 13.8. The molecule has 0 fully saturated rings. The molecule has 0 aliphatic carbocycles. The lowest BCUT2D eigenvalue weighted by atomic mass is 10.3. The van der Waals surface area contributed by atoms with Gasteiger partial charge in [-0.15, -0.1) is 11.3 Å². The summed E-state index contributed by atoms with van der Waals surface area (Å²) in [5.74, 6) is 0.0260. The van der Waals surface area contributed by atoms with Gasteiger partial charge in [-0.2, -0.15) is 13.2 Å². The Hall–Kier alpha value is -0.270. The van der Waals surface area contributed by atoms with Crippen molar-refractivity contribution in [2.24, 2.45) is 0 Å². The Morgan fingerprint density at radius 3 is 2.75 bits per heavy atom. The summed E-state index contributed by atoms with van der Waals surface area (Å²) in [4.78, 5) is 4.27. The Morgan fingerprint density at radius 1 is 1.56 bits per heavy atom. The van der Waals surface area contributed by atoms with E-state index in [0.717, 1.165) is 10.7 Å². The van der Waals surface area contributed by atoms with Gasteiger partial charge < -0.3 is 5.32 Å². The van der Waals surface area contributed by atoms with Crippen molar-refractivity contribution in [3.05, 3.63) is 16.1 Å². The zero-order valence-corrected chi connectivity index (χ0v) is 10.6. The number of nitrogens with one attached hydrogen (secondary N) is 1. The summed E-state index contributed by atoms with van der Waals surface area (Å²) in [6.45, 7) is 4.12. The second-order valence-corrected chi connectivity index (χ2v) is 5.35. The lowest BCUT2D eigenvalue weighted by Gasteiger charge is -2.11. The van der Waals surface area contributed by atoms with E-state index in [4.69, 9.17) is 0 Å². The minimum absolute atomic E-state index is 0.00355. The maximum absolute atomic E-state index is 11.8. The summed E-state index contributed by atoms with van der Waals surface area (Å²) < 4.78 is 35.5. The number of thioether (sulfide) groups is 1. The molecule has 16 heavy (non-hydrogen) atoms. The first-order valence-corrected chi connectivity index (χ1v) is 6.61. The Balaban J connectivity index is 2.23. The molecule has 0 amide bonds. The SMILES string of the molecule is Cc1csc(C(C)NCCSC(F)(F)F)n1. The molecular weight excluding hydrogens is 257 g/mol. The highest BCUT2D eigenvalue weighted by molar-refractivity contribution is 8.00. The van der Waals surface area contributed by atoms with Gasteiger partial charge in [0.2, 0.25) is 0 Å². The molecule has 1 unspecified atom stereocenters. The largest absolute Gasteiger partial charge is 0.441 e. The van der Waals surface area contributed by atoms with E-state index in [0.29, 0.717) is 6.54 Å². The fourth-order valence-corrected chi connectivity index (χ4v) is 2.38. The summed E-state index contributed by atoms with van der Waals surface area (Å²) in [6, 6.07) is 0.00698. The predicted molar refractivity (Wildman–Crippen MR) is 61.8 cm³/mol. The van der Waals surface area contributed by atoms with E-state index in [9.17, 15) is 13.2 Å². The van der Waals surface area contributed by atoms with E-state index < -0.39 is 5.51 Å². The number of halogens is 3. The maximum Gasteiger partial charge on any atom is 0.441 e. The van der Waals surface area contributed by atoms with Crippen molar-refractivity contribution in [2.45, 2.75) is 25.4 Å². The number of thiazole rings is 1. The molecule has 1 rings (SSSR count). The highest BCUT2D eigenvalue weighted by Gasteiger charge is 2.27. The Bertz CT molecular complexity index is 325. The molecule has 92 valence electrons. The fourth-order valence-electron chi connectivity index (χ4n) is 1.10. The summed E-state index contributed by atoms with van der Waals surface area (Å²) in [5, 5.41) is 5.85. The molecule has 7 heteroatoms. The molecule has 0 bridgehead atoms. The van der Waals surface area contributed by atoms with Crippen molar-refractivity contribution < 1.29 is 13.2 Å². The molecule has 1 heterocycles. The lowest BCUT2D eigenvalue weighted by Crippen LogP contribution is -2.22. The summed E-state index contributed by atoms with van der Waals surface area (Å²) in [6.07, 6.45) is 0. The third-order valence-electron chi connectivity index (χ3n) is 1.83. The lowest BCUT2D eigenvalue weighted by molar-refractivity contribution is -0.0327. The van der Waals surface area contributed by atoms with Crippen LogP contribution in [0.25, 0.3) is 0 Å². The fraction of sp³-hybridized carbons (Fsp3) is 0.667. The molecule has 0 saturated carbocycles. The molecule has 0 radical (unpaired) electrons. The number of nitrogens with zero attached hydrogens (tertiary/aromatic N) is 1. The van der Waals surface area contributed by atoms with Crippen LogP contribution in [0, 0.1) is 6.92 Å². The quantitative estimate of drug-likeness (QED) is 0.831.